The van der Waals surface area contributed by atoms with E-state index in [0.29, 0.717) is 19.3 Å². The first-order chi connectivity index (χ1) is 30.3. The molecule has 10 N–H and O–H groups in total. The molecule has 4 saturated carbocycles. The summed E-state index contributed by atoms with van der Waals surface area (Å²) < 4.78 is 35.1. The summed E-state index contributed by atoms with van der Waals surface area (Å²) in [7, 11) is 0. The number of hydrogen-bond acceptors (Lipinski definition) is 17. The van der Waals surface area contributed by atoms with Crippen LogP contribution in [0.1, 0.15) is 113 Å². The van der Waals surface area contributed by atoms with E-state index < -0.39 is 128 Å². The maximum absolute atomic E-state index is 14.7. The Hall–Kier alpha value is -1.88. The lowest BCUT2D eigenvalue weighted by Gasteiger charge is -2.71. The molecule has 3 saturated heterocycles. The van der Waals surface area contributed by atoms with Gasteiger partial charge in [-0.3, -0.25) is 4.79 Å². The number of carboxylic acids is 1. The molecule has 0 bridgehead atoms. The standard InChI is InChI=1S/C47H74O18/c1-42(2)14-16-47(41(59)65-39-32(54)30(52)29(51)24(19-48)61-39)17-15-45(6)21(22(47)18-42)8-9-26-44(5)12-11-27(43(3,4)25(44)10-13-46(26,45)7)62-40-34(56)35(33(55)36(64-40)37(57)58)63-38-31(53)28(50)23(49)20-60-38/h8,22-36,38-40,48-56H,9-20H2,1-7H3,(H,57,58)/t22-,23+,24+,25-,26+,27-,28-,29+,30-,31+,32+,33-,34+,35-,36-,38-,39-,40+,44-,45+,46+,47-/m1/s1. The van der Waals surface area contributed by atoms with Crippen molar-refractivity contribution in [2.75, 3.05) is 13.2 Å². The molecular weight excluding hydrogens is 852 g/mol. The number of aliphatic hydroxyl groups excluding tert-OH is 9. The Kier molecular flexibility index (Phi) is 13.1. The highest BCUT2D eigenvalue weighted by atomic mass is 16.7. The van der Waals surface area contributed by atoms with Crippen molar-refractivity contribution in [1.29, 1.82) is 0 Å². The van der Waals surface area contributed by atoms with Crippen LogP contribution in [0.15, 0.2) is 11.6 Å². The summed E-state index contributed by atoms with van der Waals surface area (Å²) in [6, 6.07) is 0. The van der Waals surface area contributed by atoms with Gasteiger partial charge in [0, 0.05) is 0 Å². The average Bonchev–Trinajstić information content (AvgIpc) is 3.24. The first-order valence-corrected chi connectivity index (χ1v) is 23.7. The second kappa shape index (κ2) is 17.2. The third-order valence-electron chi connectivity index (χ3n) is 18.9. The van der Waals surface area contributed by atoms with Gasteiger partial charge in [-0.2, -0.15) is 0 Å². The number of allylic oxidation sites excluding steroid dienone is 2. The summed E-state index contributed by atoms with van der Waals surface area (Å²) in [5.74, 6) is -1.80. The Bertz CT molecular complexity index is 1820. The number of fused-ring (bicyclic) bond motifs is 7. The number of aliphatic hydroxyl groups is 9. The van der Waals surface area contributed by atoms with Gasteiger partial charge in [-0.15, -0.1) is 0 Å². The maximum Gasteiger partial charge on any atom is 0.335 e. The zero-order valence-corrected chi connectivity index (χ0v) is 38.7. The van der Waals surface area contributed by atoms with Crippen LogP contribution in [-0.4, -0.2) is 168 Å². The molecule has 3 heterocycles. The van der Waals surface area contributed by atoms with Gasteiger partial charge in [0.2, 0.25) is 6.29 Å². The minimum atomic E-state index is -1.90. The molecule has 0 unspecified atom stereocenters. The van der Waals surface area contributed by atoms with Gasteiger partial charge in [-0.1, -0.05) is 60.1 Å². The normalized spacial score (nSPS) is 52.7. The monoisotopic (exact) mass is 926 g/mol. The van der Waals surface area contributed by atoms with E-state index in [2.05, 4.69) is 54.5 Å². The molecule has 18 heteroatoms. The zero-order valence-electron chi connectivity index (χ0n) is 38.7. The third-order valence-corrected chi connectivity index (χ3v) is 18.9. The molecule has 8 rings (SSSR count). The van der Waals surface area contributed by atoms with Crippen molar-refractivity contribution < 1.29 is 89.1 Å². The molecule has 0 amide bonds. The molecule has 65 heavy (non-hydrogen) atoms. The lowest BCUT2D eigenvalue weighted by Crippen LogP contribution is -2.67. The molecule has 0 aromatic heterocycles. The van der Waals surface area contributed by atoms with Crippen LogP contribution in [-0.2, 0) is 38.0 Å². The predicted molar refractivity (Wildman–Crippen MR) is 225 cm³/mol. The van der Waals surface area contributed by atoms with Gasteiger partial charge in [0.05, 0.1) is 24.7 Å². The molecule has 7 fully saturated rings. The largest absolute Gasteiger partial charge is 0.479 e. The highest BCUT2D eigenvalue weighted by Gasteiger charge is 2.70. The number of esters is 1. The van der Waals surface area contributed by atoms with Gasteiger partial charge >= 0.3 is 11.9 Å². The van der Waals surface area contributed by atoms with E-state index >= 15 is 0 Å². The topological polar surface area (TPSA) is 292 Å². The van der Waals surface area contributed by atoms with Crippen molar-refractivity contribution in [2.45, 2.75) is 205 Å². The highest BCUT2D eigenvalue weighted by molar-refractivity contribution is 5.79. The van der Waals surface area contributed by atoms with Crippen LogP contribution in [0.4, 0.5) is 0 Å². The van der Waals surface area contributed by atoms with Crippen LogP contribution in [0.5, 0.6) is 0 Å². The Morgan fingerprint density at radius 3 is 2.06 bits per heavy atom. The van der Waals surface area contributed by atoms with E-state index in [1.165, 1.54) is 5.57 Å². The number of carbonyl (C=O) groups is 2. The van der Waals surface area contributed by atoms with Crippen molar-refractivity contribution in [3.8, 4) is 0 Å². The van der Waals surface area contributed by atoms with E-state index in [-0.39, 0.29) is 39.4 Å². The fourth-order valence-electron chi connectivity index (χ4n) is 14.7. The Balaban J connectivity index is 1.03. The Morgan fingerprint density at radius 1 is 0.708 bits per heavy atom. The Morgan fingerprint density at radius 2 is 1.38 bits per heavy atom. The summed E-state index contributed by atoms with van der Waals surface area (Å²) in [4.78, 5) is 27.0. The lowest BCUT2D eigenvalue weighted by molar-refractivity contribution is -0.357. The van der Waals surface area contributed by atoms with Gasteiger partial charge in [0.1, 0.15) is 61.0 Å². The van der Waals surface area contributed by atoms with Crippen molar-refractivity contribution in [2.24, 2.45) is 50.2 Å². The summed E-state index contributed by atoms with van der Waals surface area (Å²) in [6.07, 6.45) is -13.7. The smallest absolute Gasteiger partial charge is 0.335 e. The second-order valence-corrected chi connectivity index (χ2v) is 23.1. The number of hydrogen-bond donors (Lipinski definition) is 10. The van der Waals surface area contributed by atoms with Crippen molar-refractivity contribution in [1.82, 2.24) is 0 Å². The molecule has 0 spiro atoms. The number of carboxylic acid groups (broad SMARTS) is 1. The maximum atomic E-state index is 14.7. The summed E-state index contributed by atoms with van der Waals surface area (Å²) in [6.45, 7) is 14.9. The highest BCUT2D eigenvalue weighted by Crippen LogP contribution is 2.76. The number of carbonyl (C=O) groups excluding carboxylic acids is 1. The summed E-state index contributed by atoms with van der Waals surface area (Å²) >= 11 is 0. The van der Waals surface area contributed by atoms with Crippen LogP contribution in [0.25, 0.3) is 0 Å². The molecule has 370 valence electrons. The quantitative estimate of drug-likeness (QED) is 0.0918. The molecule has 18 nitrogen and oxygen atoms in total. The van der Waals surface area contributed by atoms with Crippen LogP contribution in [0, 0.1) is 50.2 Å². The predicted octanol–water partition coefficient (Wildman–Crippen LogP) is 0.872. The fourth-order valence-corrected chi connectivity index (χ4v) is 14.7. The molecule has 0 radical (unpaired) electrons. The Labute approximate surface area is 380 Å². The second-order valence-electron chi connectivity index (χ2n) is 23.1. The summed E-state index contributed by atoms with van der Waals surface area (Å²) in [5.41, 5.74) is -0.846. The van der Waals surface area contributed by atoms with Gasteiger partial charge in [-0.25, -0.2) is 4.79 Å². The lowest BCUT2D eigenvalue weighted by atomic mass is 9.33. The summed E-state index contributed by atoms with van der Waals surface area (Å²) in [5, 5.41) is 105. The van der Waals surface area contributed by atoms with Crippen LogP contribution in [0.2, 0.25) is 0 Å². The molecule has 5 aliphatic carbocycles. The molecule has 0 aromatic carbocycles. The van der Waals surface area contributed by atoms with Crippen LogP contribution in [0.3, 0.4) is 0 Å². The first-order valence-electron chi connectivity index (χ1n) is 23.7. The van der Waals surface area contributed by atoms with Gasteiger partial charge in [-0.05, 0) is 109 Å². The van der Waals surface area contributed by atoms with Gasteiger partial charge < -0.3 is 79.5 Å². The molecule has 22 atom stereocenters. The van der Waals surface area contributed by atoms with Crippen molar-refractivity contribution in [3.63, 3.8) is 0 Å². The van der Waals surface area contributed by atoms with Gasteiger partial charge in [0.15, 0.2) is 18.7 Å². The molecule has 3 aliphatic heterocycles. The van der Waals surface area contributed by atoms with Gasteiger partial charge in [0.25, 0.3) is 0 Å². The number of ether oxygens (including phenoxy) is 6. The zero-order chi connectivity index (χ0) is 47.6. The van der Waals surface area contributed by atoms with Crippen LogP contribution < -0.4 is 0 Å². The van der Waals surface area contributed by atoms with Crippen molar-refractivity contribution >= 4 is 11.9 Å². The SMILES string of the molecule is CC1(C)CC[C@@]2(C(=O)O[C@H]3O[C@@H](CO)[C@H](O)[C@@H](O)[C@@H]3O)CC[C@@]3(C)C(=CC[C@H]4[C@]5(C)CC[C@@H](O[C@H]6O[C@@H](C(=O)O)[C@H](O)[C@@H](O[C@H]7OC[C@H](O)[C@@H](O)[C@@H]7O)[C@@H]6O)C(C)(C)[C@H]5CC[C@@]43C)[C@H]2C1. The van der Waals surface area contributed by atoms with E-state index in [1.54, 1.807) is 0 Å². The molecular formula is C47H74O18. The fraction of sp³-hybridized carbons (Fsp3) is 0.915. The van der Waals surface area contributed by atoms with E-state index in [9.17, 15) is 60.7 Å². The molecule has 0 aromatic rings. The molecule has 8 aliphatic rings. The van der Waals surface area contributed by atoms with Crippen LogP contribution >= 0.6 is 0 Å². The minimum Gasteiger partial charge on any atom is -0.479 e. The third kappa shape index (κ3) is 7.76. The van der Waals surface area contributed by atoms with E-state index in [4.69, 9.17) is 28.4 Å². The van der Waals surface area contributed by atoms with E-state index in [0.717, 1.165) is 44.9 Å². The first kappa shape index (κ1) is 49.5. The minimum absolute atomic E-state index is 0.0677. The van der Waals surface area contributed by atoms with Crippen molar-refractivity contribution in [3.05, 3.63) is 11.6 Å². The number of rotatable bonds is 8. The number of aliphatic carboxylic acids is 1. The van der Waals surface area contributed by atoms with E-state index in [1.807, 2.05) is 0 Å². The average molecular weight is 927 g/mol.